The van der Waals surface area contributed by atoms with Crippen LogP contribution >= 0.6 is 0 Å². The van der Waals surface area contributed by atoms with Crippen molar-refractivity contribution < 1.29 is 19.7 Å². The van der Waals surface area contributed by atoms with Gasteiger partial charge in [-0.2, -0.15) is 0 Å². The summed E-state index contributed by atoms with van der Waals surface area (Å²) in [7, 11) is 0. The molecule has 2 N–H and O–H groups in total. The molecule has 1 aromatic rings. The Morgan fingerprint density at radius 3 is 2.50 bits per heavy atom. The maximum Gasteiger partial charge on any atom is 0.254 e. The predicted octanol–water partition coefficient (Wildman–Crippen LogP) is 1.35. The minimum absolute atomic E-state index is 0.00365. The smallest absolute Gasteiger partial charge is 0.254 e. The van der Waals surface area contributed by atoms with Gasteiger partial charge in [0.05, 0.1) is 18.8 Å². The van der Waals surface area contributed by atoms with Crippen molar-refractivity contribution in [2.75, 3.05) is 13.2 Å². The van der Waals surface area contributed by atoms with Gasteiger partial charge in [0.25, 0.3) is 5.91 Å². The van der Waals surface area contributed by atoms with Gasteiger partial charge in [-0.3, -0.25) is 4.79 Å². The molecule has 2 atom stereocenters. The first-order chi connectivity index (χ1) is 8.47. The lowest BCUT2D eigenvalue weighted by molar-refractivity contribution is -0.0387. The number of rotatable bonds is 1. The molecule has 2 rings (SSSR count). The summed E-state index contributed by atoms with van der Waals surface area (Å²) in [5.74, 6) is -0.441. The third kappa shape index (κ3) is 2.56. The highest BCUT2D eigenvalue weighted by molar-refractivity contribution is 5.95. The van der Waals surface area contributed by atoms with E-state index in [0.29, 0.717) is 13.2 Å². The zero-order chi connectivity index (χ0) is 13.3. The predicted molar refractivity (Wildman–Crippen MR) is 65.7 cm³/mol. The van der Waals surface area contributed by atoms with Crippen LogP contribution in [0.1, 0.15) is 24.2 Å². The number of phenolic OH excluding ortho intramolecular Hbond substituents is 2. The second kappa shape index (κ2) is 4.86. The van der Waals surface area contributed by atoms with Crippen LogP contribution in [0.2, 0.25) is 0 Å². The maximum absolute atomic E-state index is 12.3. The Bertz CT molecular complexity index is 440. The number of phenols is 2. The third-order valence-electron chi connectivity index (χ3n) is 3.02. The van der Waals surface area contributed by atoms with Crippen molar-refractivity contribution >= 4 is 5.91 Å². The van der Waals surface area contributed by atoms with Gasteiger partial charge in [-0.25, -0.2) is 0 Å². The van der Waals surface area contributed by atoms with Crippen LogP contribution in [-0.4, -0.2) is 46.3 Å². The maximum atomic E-state index is 12.3. The highest BCUT2D eigenvalue weighted by Gasteiger charge is 2.28. The van der Waals surface area contributed by atoms with Crippen molar-refractivity contribution in [2.24, 2.45) is 0 Å². The van der Waals surface area contributed by atoms with E-state index in [9.17, 15) is 15.0 Å². The van der Waals surface area contributed by atoms with Gasteiger partial charge in [0.2, 0.25) is 0 Å². The van der Waals surface area contributed by atoms with Crippen molar-refractivity contribution in [3.63, 3.8) is 0 Å². The Balaban J connectivity index is 2.24. The van der Waals surface area contributed by atoms with E-state index in [1.807, 2.05) is 13.8 Å². The fraction of sp³-hybridized carbons (Fsp3) is 0.462. The van der Waals surface area contributed by atoms with Crippen LogP contribution in [0.5, 0.6) is 11.5 Å². The molecule has 0 aliphatic carbocycles. The molecule has 1 aromatic carbocycles. The van der Waals surface area contributed by atoms with Gasteiger partial charge in [-0.1, -0.05) is 0 Å². The second-order valence-corrected chi connectivity index (χ2v) is 4.69. The molecule has 1 fully saturated rings. The van der Waals surface area contributed by atoms with E-state index in [1.54, 1.807) is 4.90 Å². The molecule has 0 saturated carbocycles. The number of amides is 1. The average Bonchev–Trinajstić information content (AvgIpc) is 2.30. The second-order valence-electron chi connectivity index (χ2n) is 4.69. The van der Waals surface area contributed by atoms with Gasteiger partial charge in [0.15, 0.2) is 0 Å². The molecule has 1 saturated heterocycles. The van der Waals surface area contributed by atoms with E-state index in [0.717, 1.165) is 0 Å². The van der Waals surface area contributed by atoms with Crippen LogP contribution in [0, 0.1) is 0 Å². The van der Waals surface area contributed by atoms with Crippen molar-refractivity contribution in [1.82, 2.24) is 4.90 Å². The van der Waals surface area contributed by atoms with Crippen molar-refractivity contribution in [1.29, 1.82) is 0 Å². The van der Waals surface area contributed by atoms with Gasteiger partial charge >= 0.3 is 0 Å². The van der Waals surface area contributed by atoms with Crippen LogP contribution < -0.4 is 0 Å². The molecular weight excluding hydrogens is 234 g/mol. The number of aromatic hydroxyl groups is 2. The first-order valence-electron chi connectivity index (χ1n) is 5.93. The van der Waals surface area contributed by atoms with Crippen molar-refractivity contribution in [3.05, 3.63) is 23.8 Å². The molecule has 0 aromatic heterocycles. The Hall–Kier alpha value is -1.75. The lowest BCUT2D eigenvalue weighted by atomic mass is 10.1. The Morgan fingerprint density at radius 2 is 1.89 bits per heavy atom. The standard InChI is InChI=1S/C13H17NO4/c1-8-7-18-9(2)6-14(8)13(17)10-3-11(15)5-12(16)4-10/h3-5,8-9,15-16H,6-7H2,1-2H3. The quantitative estimate of drug-likeness (QED) is 0.790. The highest BCUT2D eigenvalue weighted by Crippen LogP contribution is 2.23. The summed E-state index contributed by atoms with van der Waals surface area (Å²) in [6.07, 6.45) is -0.00365. The van der Waals surface area contributed by atoms with Crippen LogP contribution in [-0.2, 0) is 4.74 Å². The van der Waals surface area contributed by atoms with E-state index in [4.69, 9.17) is 4.74 Å². The number of nitrogens with zero attached hydrogens (tertiary/aromatic N) is 1. The first kappa shape index (κ1) is 12.7. The van der Waals surface area contributed by atoms with Crippen molar-refractivity contribution in [2.45, 2.75) is 26.0 Å². The minimum atomic E-state index is -0.205. The average molecular weight is 251 g/mol. The molecule has 18 heavy (non-hydrogen) atoms. The monoisotopic (exact) mass is 251 g/mol. The number of carbonyl (C=O) groups is 1. The molecule has 2 unspecified atom stereocenters. The molecule has 5 heteroatoms. The summed E-state index contributed by atoms with van der Waals surface area (Å²) in [6, 6.07) is 3.89. The number of carbonyl (C=O) groups excluding carboxylic acids is 1. The Labute approximate surface area is 106 Å². The highest BCUT2D eigenvalue weighted by atomic mass is 16.5. The van der Waals surface area contributed by atoms with E-state index >= 15 is 0 Å². The molecule has 0 radical (unpaired) electrons. The number of benzene rings is 1. The van der Waals surface area contributed by atoms with Gasteiger partial charge in [-0.05, 0) is 26.0 Å². The third-order valence-corrected chi connectivity index (χ3v) is 3.02. The molecule has 1 amide bonds. The largest absolute Gasteiger partial charge is 0.508 e. The Morgan fingerprint density at radius 1 is 1.28 bits per heavy atom. The molecule has 1 aliphatic heterocycles. The fourth-order valence-electron chi connectivity index (χ4n) is 2.07. The minimum Gasteiger partial charge on any atom is -0.508 e. The Kier molecular flexibility index (Phi) is 3.43. The topological polar surface area (TPSA) is 70.0 Å². The van der Waals surface area contributed by atoms with E-state index in [-0.39, 0.29) is 35.1 Å². The number of morpholine rings is 1. The van der Waals surface area contributed by atoms with Crippen LogP contribution in [0.15, 0.2) is 18.2 Å². The lowest BCUT2D eigenvalue weighted by Gasteiger charge is -2.36. The van der Waals surface area contributed by atoms with E-state index < -0.39 is 0 Å². The summed E-state index contributed by atoms with van der Waals surface area (Å²) in [4.78, 5) is 14.0. The lowest BCUT2D eigenvalue weighted by Crippen LogP contribution is -2.50. The summed E-state index contributed by atoms with van der Waals surface area (Å²) in [5.41, 5.74) is 0.286. The van der Waals surface area contributed by atoms with Crippen molar-refractivity contribution in [3.8, 4) is 11.5 Å². The first-order valence-corrected chi connectivity index (χ1v) is 5.93. The molecule has 5 nitrogen and oxygen atoms in total. The zero-order valence-corrected chi connectivity index (χ0v) is 10.5. The summed E-state index contributed by atoms with van der Waals surface area (Å²) in [5, 5.41) is 18.8. The normalized spacial score (nSPS) is 24.0. The number of ether oxygens (including phenoxy) is 1. The number of hydrogen-bond acceptors (Lipinski definition) is 4. The van der Waals surface area contributed by atoms with Gasteiger partial charge in [0, 0.05) is 18.2 Å². The SMILES string of the molecule is CC1CN(C(=O)c2cc(O)cc(O)c2)C(C)CO1. The van der Waals surface area contributed by atoms with E-state index in [2.05, 4.69) is 0 Å². The van der Waals surface area contributed by atoms with Gasteiger partial charge < -0.3 is 19.8 Å². The van der Waals surface area contributed by atoms with Crippen LogP contribution in [0.4, 0.5) is 0 Å². The summed E-state index contributed by atoms with van der Waals surface area (Å²) < 4.78 is 5.46. The van der Waals surface area contributed by atoms with Gasteiger partial charge in [-0.15, -0.1) is 0 Å². The molecule has 1 heterocycles. The molecule has 98 valence electrons. The fourth-order valence-corrected chi connectivity index (χ4v) is 2.07. The summed E-state index contributed by atoms with van der Waals surface area (Å²) in [6.45, 7) is 4.83. The summed E-state index contributed by atoms with van der Waals surface area (Å²) >= 11 is 0. The molecule has 1 aliphatic rings. The molecule has 0 bridgehead atoms. The molecular formula is C13H17NO4. The van der Waals surface area contributed by atoms with Gasteiger partial charge in [0.1, 0.15) is 11.5 Å². The van der Waals surface area contributed by atoms with Crippen LogP contribution in [0.25, 0.3) is 0 Å². The van der Waals surface area contributed by atoms with E-state index in [1.165, 1.54) is 18.2 Å². The number of hydrogen-bond donors (Lipinski definition) is 2. The molecule has 0 spiro atoms. The zero-order valence-electron chi connectivity index (χ0n) is 10.5. The van der Waals surface area contributed by atoms with Crippen LogP contribution in [0.3, 0.4) is 0 Å².